The van der Waals surface area contributed by atoms with Crippen molar-refractivity contribution in [1.29, 1.82) is 0 Å². The molecule has 0 unspecified atom stereocenters. The third-order valence-electron chi connectivity index (χ3n) is 2.71. The maximum absolute atomic E-state index is 13.9. The highest BCUT2D eigenvalue weighted by Gasteiger charge is 2.25. The topological polar surface area (TPSA) is 50.3 Å². The lowest BCUT2D eigenvalue weighted by Gasteiger charge is -2.16. The molecule has 0 fully saturated rings. The van der Waals surface area contributed by atoms with Crippen molar-refractivity contribution in [3.8, 4) is 0 Å². The Kier molecular flexibility index (Phi) is 4.74. The van der Waals surface area contributed by atoms with Gasteiger partial charge in [-0.2, -0.15) is 4.31 Å². The summed E-state index contributed by atoms with van der Waals surface area (Å²) in [6, 6.07) is 3.87. The van der Waals surface area contributed by atoms with E-state index in [-0.39, 0.29) is 17.3 Å². The normalized spacial score (nSPS) is 12.0. The second kappa shape index (κ2) is 6.17. The Balaban J connectivity index is 2.30. The van der Waals surface area contributed by atoms with E-state index in [1.807, 2.05) is 0 Å². The molecule has 0 bridgehead atoms. The number of halogens is 2. The summed E-state index contributed by atoms with van der Waals surface area (Å²) in [6.07, 6.45) is 0. The molecule has 8 heteroatoms. The van der Waals surface area contributed by atoms with E-state index in [1.54, 1.807) is 10.9 Å². The van der Waals surface area contributed by atoms with Gasteiger partial charge in [0.25, 0.3) is 0 Å². The Morgan fingerprint density at radius 1 is 1.45 bits per heavy atom. The molecule has 108 valence electrons. The van der Waals surface area contributed by atoms with Gasteiger partial charge in [-0.25, -0.2) is 17.8 Å². The first-order valence-corrected chi connectivity index (χ1v) is 8.54. The average molecular weight is 335 g/mol. The zero-order chi connectivity index (χ0) is 14.8. The Hall–Kier alpha value is -1.02. The molecule has 0 saturated heterocycles. The summed E-state index contributed by atoms with van der Waals surface area (Å²) in [7, 11) is -2.50. The number of thiazole rings is 1. The van der Waals surface area contributed by atoms with E-state index in [0.29, 0.717) is 11.3 Å². The van der Waals surface area contributed by atoms with Crippen LogP contribution in [0.3, 0.4) is 0 Å². The van der Waals surface area contributed by atoms with Crippen LogP contribution in [0.5, 0.6) is 0 Å². The maximum atomic E-state index is 13.9. The first kappa shape index (κ1) is 15.4. The lowest BCUT2D eigenvalue weighted by Crippen LogP contribution is -2.27. The number of hydrogen-bond donors (Lipinski definition) is 0. The number of benzene rings is 1. The first-order chi connectivity index (χ1) is 9.45. The first-order valence-electron chi connectivity index (χ1n) is 5.63. The highest BCUT2D eigenvalue weighted by molar-refractivity contribution is 7.89. The van der Waals surface area contributed by atoms with Gasteiger partial charge in [-0.3, -0.25) is 0 Å². The van der Waals surface area contributed by atoms with Gasteiger partial charge in [-0.15, -0.1) is 22.9 Å². The summed E-state index contributed by atoms with van der Waals surface area (Å²) in [6.45, 7) is 0.0997. The van der Waals surface area contributed by atoms with Crippen molar-refractivity contribution in [2.75, 3.05) is 7.05 Å². The van der Waals surface area contributed by atoms with Crippen molar-refractivity contribution >= 4 is 33.0 Å². The van der Waals surface area contributed by atoms with Gasteiger partial charge < -0.3 is 0 Å². The second-order valence-electron chi connectivity index (χ2n) is 4.14. The van der Waals surface area contributed by atoms with E-state index in [0.717, 1.165) is 10.4 Å². The van der Waals surface area contributed by atoms with Crippen LogP contribution in [0, 0.1) is 5.82 Å². The number of hydrogen-bond acceptors (Lipinski definition) is 4. The minimum atomic E-state index is -3.89. The molecule has 0 N–H and O–H groups in total. The van der Waals surface area contributed by atoms with E-state index in [1.165, 1.54) is 30.5 Å². The largest absolute Gasteiger partial charge is 0.248 e. The molecule has 2 rings (SSSR count). The highest BCUT2D eigenvalue weighted by atomic mass is 35.5. The predicted octanol–water partition coefficient (Wildman–Crippen LogP) is 2.84. The number of sulfonamides is 1. The third-order valence-corrected chi connectivity index (χ3v) is 5.49. The number of nitrogens with zero attached hydrogens (tertiary/aromatic N) is 2. The Morgan fingerprint density at radius 2 is 2.20 bits per heavy atom. The summed E-state index contributed by atoms with van der Waals surface area (Å²) in [5.41, 5.74) is 2.77. The van der Waals surface area contributed by atoms with Gasteiger partial charge in [0.05, 0.1) is 17.7 Å². The Morgan fingerprint density at radius 3 is 2.75 bits per heavy atom. The van der Waals surface area contributed by atoms with Crippen molar-refractivity contribution in [1.82, 2.24) is 9.29 Å². The molecule has 20 heavy (non-hydrogen) atoms. The molecule has 0 aliphatic rings. The lowest BCUT2D eigenvalue weighted by atomic mass is 10.2. The second-order valence-corrected chi connectivity index (χ2v) is 7.14. The monoisotopic (exact) mass is 334 g/mol. The minimum Gasteiger partial charge on any atom is -0.248 e. The molecule has 4 nitrogen and oxygen atoms in total. The molecule has 1 aromatic carbocycles. The van der Waals surface area contributed by atoms with Crippen molar-refractivity contribution < 1.29 is 12.8 Å². The Labute approximate surface area is 125 Å². The van der Waals surface area contributed by atoms with Crippen molar-refractivity contribution in [2.24, 2.45) is 0 Å². The quantitative estimate of drug-likeness (QED) is 0.790. The molecule has 0 radical (unpaired) electrons. The molecule has 0 atom stereocenters. The molecular formula is C12H12ClFN2O2S2. The molecule has 0 aliphatic heterocycles. The fraction of sp³-hybridized carbons (Fsp3) is 0.250. The molecule has 0 spiro atoms. The lowest BCUT2D eigenvalue weighted by molar-refractivity contribution is 0.456. The van der Waals surface area contributed by atoms with E-state index in [4.69, 9.17) is 11.6 Å². The molecule has 0 saturated carbocycles. The van der Waals surface area contributed by atoms with Gasteiger partial charge in [0, 0.05) is 18.3 Å². The molecule has 1 heterocycles. The van der Waals surface area contributed by atoms with Crippen LogP contribution in [-0.2, 0) is 22.4 Å². The van der Waals surface area contributed by atoms with Gasteiger partial charge in [-0.1, -0.05) is 6.07 Å². The smallest absolute Gasteiger partial charge is 0.246 e. The van der Waals surface area contributed by atoms with Gasteiger partial charge in [0.2, 0.25) is 10.0 Å². The van der Waals surface area contributed by atoms with Gasteiger partial charge in [0.1, 0.15) is 10.7 Å². The van der Waals surface area contributed by atoms with E-state index >= 15 is 0 Å². The van der Waals surface area contributed by atoms with Gasteiger partial charge in [-0.05, 0) is 17.7 Å². The molecule has 2 aromatic rings. The fourth-order valence-electron chi connectivity index (χ4n) is 1.63. The summed E-state index contributed by atoms with van der Waals surface area (Å²) < 4.78 is 39.6. The minimum absolute atomic E-state index is 0.0997. The van der Waals surface area contributed by atoms with Crippen LogP contribution < -0.4 is 0 Å². The van der Waals surface area contributed by atoms with Crippen LogP contribution >= 0.6 is 22.9 Å². The zero-order valence-electron chi connectivity index (χ0n) is 10.6. The van der Waals surface area contributed by atoms with Crippen LogP contribution in [0.4, 0.5) is 4.39 Å². The van der Waals surface area contributed by atoms with E-state index in [9.17, 15) is 12.8 Å². The predicted molar refractivity (Wildman–Crippen MR) is 76.7 cm³/mol. The third kappa shape index (κ3) is 3.17. The molecule has 0 amide bonds. The average Bonchev–Trinajstić information content (AvgIpc) is 2.91. The molecule has 0 aliphatic carbocycles. The zero-order valence-corrected chi connectivity index (χ0v) is 13.0. The van der Waals surface area contributed by atoms with Crippen LogP contribution in [0.15, 0.2) is 34.0 Å². The van der Waals surface area contributed by atoms with E-state index < -0.39 is 15.8 Å². The molecular weight excluding hydrogens is 323 g/mol. The summed E-state index contributed by atoms with van der Waals surface area (Å²) in [5.74, 6) is -0.667. The van der Waals surface area contributed by atoms with Gasteiger partial charge >= 0.3 is 0 Å². The number of rotatable bonds is 5. The van der Waals surface area contributed by atoms with Crippen molar-refractivity contribution in [2.45, 2.75) is 17.3 Å². The van der Waals surface area contributed by atoms with Gasteiger partial charge in [0.15, 0.2) is 0 Å². The van der Waals surface area contributed by atoms with Crippen LogP contribution in [-0.4, -0.2) is 24.8 Å². The Bertz CT molecular complexity index is 689. The molecule has 1 aromatic heterocycles. The van der Waals surface area contributed by atoms with Crippen molar-refractivity contribution in [3.05, 3.63) is 46.2 Å². The van der Waals surface area contributed by atoms with Crippen molar-refractivity contribution in [3.63, 3.8) is 0 Å². The summed E-state index contributed by atoms with van der Waals surface area (Å²) in [5, 5.41) is 1.75. The standard InChI is InChI=1S/C12H12ClFN2O2S2/c1-16(6-10-7-19-8-15-10)20(17,18)12-3-2-9(5-13)4-11(12)14/h2-4,7-8H,5-6H2,1H3. The van der Waals surface area contributed by atoms with Crippen LogP contribution in [0.1, 0.15) is 11.3 Å². The number of alkyl halides is 1. The highest BCUT2D eigenvalue weighted by Crippen LogP contribution is 2.21. The summed E-state index contributed by atoms with van der Waals surface area (Å²) >= 11 is 6.96. The van der Waals surface area contributed by atoms with Crippen LogP contribution in [0.2, 0.25) is 0 Å². The SMILES string of the molecule is CN(Cc1cscn1)S(=O)(=O)c1ccc(CCl)cc1F. The fourth-order valence-corrected chi connectivity index (χ4v) is 3.53. The maximum Gasteiger partial charge on any atom is 0.246 e. The van der Waals surface area contributed by atoms with Crippen LogP contribution in [0.25, 0.3) is 0 Å². The number of aromatic nitrogens is 1. The van der Waals surface area contributed by atoms with E-state index in [2.05, 4.69) is 4.98 Å². The summed E-state index contributed by atoms with van der Waals surface area (Å²) in [4.78, 5) is 3.66.